The lowest BCUT2D eigenvalue weighted by Gasteiger charge is -2.29. The molecule has 0 atom stereocenters. The van der Waals surface area contributed by atoms with Crippen LogP contribution in [0.1, 0.15) is 81.3 Å². The molecule has 0 heterocycles. The molecule has 2 N–H and O–H groups in total. The zero-order chi connectivity index (χ0) is 25.8. The van der Waals surface area contributed by atoms with Gasteiger partial charge >= 0.3 is 11.9 Å². The van der Waals surface area contributed by atoms with Crippen molar-refractivity contribution >= 4 is 23.5 Å². The molecular formula is C28H39ClO6. The first-order chi connectivity index (χ1) is 16.8. The van der Waals surface area contributed by atoms with Gasteiger partial charge in [0.15, 0.2) is 0 Å². The second kappa shape index (κ2) is 15.1. The maximum atomic E-state index is 12.0. The Morgan fingerprint density at radius 1 is 1.00 bits per heavy atom. The zero-order valence-electron chi connectivity index (χ0n) is 20.8. The van der Waals surface area contributed by atoms with E-state index in [-0.39, 0.29) is 24.4 Å². The van der Waals surface area contributed by atoms with Gasteiger partial charge in [-0.1, -0.05) is 69.5 Å². The van der Waals surface area contributed by atoms with Crippen molar-refractivity contribution in [3.8, 4) is 0 Å². The van der Waals surface area contributed by atoms with E-state index in [4.69, 9.17) is 31.3 Å². The van der Waals surface area contributed by atoms with E-state index < -0.39 is 31.1 Å². The number of ether oxygens (including phenoxy) is 2. The fourth-order valence-electron chi connectivity index (χ4n) is 4.51. The van der Waals surface area contributed by atoms with E-state index in [1.807, 2.05) is 12.1 Å². The fourth-order valence-corrected chi connectivity index (χ4v) is 4.85. The summed E-state index contributed by atoms with van der Waals surface area (Å²) in [7, 11) is 0. The van der Waals surface area contributed by atoms with E-state index in [2.05, 4.69) is 26.1 Å². The van der Waals surface area contributed by atoms with E-state index in [0.29, 0.717) is 16.5 Å². The van der Waals surface area contributed by atoms with Gasteiger partial charge in [0, 0.05) is 5.02 Å². The van der Waals surface area contributed by atoms with Crippen molar-refractivity contribution in [2.45, 2.75) is 70.1 Å². The van der Waals surface area contributed by atoms with E-state index in [0.717, 1.165) is 18.8 Å². The molecule has 0 unspecified atom stereocenters. The number of unbranched alkanes of at least 4 members (excludes halogenated alkanes) is 2. The van der Waals surface area contributed by atoms with Crippen LogP contribution in [0.3, 0.4) is 0 Å². The van der Waals surface area contributed by atoms with Crippen LogP contribution in [0.25, 0.3) is 0 Å². The molecule has 1 aliphatic rings. The van der Waals surface area contributed by atoms with E-state index >= 15 is 0 Å². The van der Waals surface area contributed by atoms with Gasteiger partial charge in [0.25, 0.3) is 0 Å². The van der Waals surface area contributed by atoms with Gasteiger partial charge in [0.2, 0.25) is 0 Å². The minimum atomic E-state index is -0.730. The summed E-state index contributed by atoms with van der Waals surface area (Å²) in [5, 5.41) is 18.7. The number of benzene rings is 1. The molecule has 0 amide bonds. The summed E-state index contributed by atoms with van der Waals surface area (Å²) in [6.07, 6.45) is 9.99. The van der Waals surface area contributed by atoms with Crippen molar-refractivity contribution in [2.24, 2.45) is 5.92 Å². The minimum absolute atomic E-state index is 0.0684. The lowest BCUT2D eigenvalue weighted by atomic mass is 9.77. The van der Waals surface area contributed by atoms with Crippen LogP contribution < -0.4 is 0 Å². The molecule has 0 radical (unpaired) electrons. The standard InChI is InChI=1S/C28H39ClO6/c1-4-5-6-7-21-8-10-22(11-9-21)23-12-13-25(26(29)14-23)24(17-34-27(32)19(2)15-30)18-35-28(33)20(3)16-31/h12-14,21-22,24,30-31H,2-11,15-18H2,1H3. The zero-order valence-corrected chi connectivity index (χ0v) is 21.5. The second-order valence-electron chi connectivity index (χ2n) is 9.41. The molecule has 35 heavy (non-hydrogen) atoms. The Morgan fingerprint density at radius 2 is 1.57 bits per heavy atom. The molecule has 0 bridgehead atoms. The molecule has 1 aromatic carbocycles. The number of halogens is 1. The second-order valence-corrected chi connectivity index (χ2v) is 9.82. The molecule has 1 aliphatic carbocycles. The molecule has 2 rings (SSSR count). The lowest BCUT2D eigenvalue weighted by Crippen LogP contribution is -2.22. The van der Waals surface area contributed by atoms with E-state index in [1.54, 1.807) is 0 Å². The average Bonchev–Trinajstić information content (AvgIpc) is 2.88. The van der Waals surface area contributed by atoms with Crippen molar-refractivity contribution in [2.75, 3.05) is 26.4 Å². The molecule has 194 valence electrons. The van der Waals surface area contributed by atoms with Gasteiger partial charge in [-0.05, 0) is 54.7 Å². The first-order valence-electron chi connectivity index (χ1n) is 12.5. The van der Waals surface area contributed by atoms with Crippen molar-refractivity contribution < 1.29 is 29.3 Å². The van der Waals surface area contributed by atoms with Gasteiger partial charge in [-0.3, -0.25) is 0 Å². The summed E-state index contributed by atoms with van der Waals surface area (Å²) >= 11 is 6.67. The van der Waals surface area contributed by atoms with Crippen molar-refractivity contribution in [1.82, 2.24) is 0 Å². The van der Waals surface area contributed by atoms with Crippen LogP contribution in [-0.2, 0) is 19.1 Å². The van der Waals surface area contributed by atoms with Crippen LogP contribution in [0.2, 0.25) is 5.02 Å². The highest BCUT2D eigenvalue weighted by Crippen LogP contribution is 2.39. The summed E-state index contributed by atoms with van der Waals surface area (Å²) in [4.78, 5) is 24.0. The molecule has 0 aliphatic heterocycles. The molecule has 1 fully saturated rings. The number of rotatable bonds is 14. The highest BCUT2D eigenvalue weighted by molar-refractivity contribution is 6.31. The number of carbonyl (C=O) groups is 2. The van der Waals surface area contributed by atoms with Gasteiger partial charge in [-0.25, -0.2) is 9.59 Å². The van der Waals surface area contributed by atoms with Gasteiger partial charge in [0.1, 0.15) is 13.2 Å². The predicted molar refractivity (Wildman–Crippen MR) is 137 cm³/mol. The van der Waals surface area contributed by atoms with Crippen molar-refractivity contribution in [3.05, 3.63) is 58.7 Å². The minimum Gasteiger partial charge on any atom is -0.461 e. The molecule has 0 saturated heterocycles. The highest BCUT2D eigenvalue weighted by atomic mass is 35.5. The number of esters is 2. The Hall–Kier alpha value is -2.15. The smallest absolute Gasteiger partial charge is 0.335 e. The Bertz CT molecular complexity index is 840. The van der Waals surface area contributed by atoms with Crippen LogP contribution in [0, 0.1) is 5.92 Å². The van der Waals surface area contributed by atoms with Crippen LogP contribution >= 0.6 is 11.6 Å². The summed E-state index contributed by atoms with van der Waals surface area (Å²) < 4.78 is 10.5. The van der Waals surface area contributed by atoms with Crippen LogP contribution in [0.5, 0.6) is 0 Å². The van der Waals surface area contributed by atoms with E-state index in [1.165, 1.54) is 44.1 Å². The molecule has 1 aromatic rings. The summed E-state index contributed by atoms with van der Waals surface area (Å²) in [5.74, 6) is -0.696. The maximum absolute atomic E-state index is 12.0. The van der Waals surface area contributed by atoms with Crippen LogP contribution in [0.4, 0.5) is 0 Å². The lowest BCUT2D eigenvalue weighted by molar-refractivity contribution is -0.142. The summed E-state index contributed by atoms with van der Waals surface area (Å²) in [6, 6.07) is 5.92. The van der Waals surface area contributed by atoms with Crippen LogP contribution in [-0.4, -0.2) is 48.6 Å². The molecule has 6 nitrogen and oxygen atoms in total. The van der Waals surface area contributed by atoms with Gasteiger partial charge < -0.3 is 19.7 Å². The van der Waals surface area contributed by atoms with E-state index in [9.17, 15) is 9.59 Å². The number of hydrogen-bond acceptors (Lipinski definition) is 6. The Kier molecular flexibility index (Phi) is 12.5. The number of hydrogen-bond donors (Lipinski definition) is 2. The summed E-state index contributed by atoms with van der Waals surface area (Å²) in [5.41, 5.74) is 1.75. The van der Waals surface area contributed by atoms with Crippen LogP contribution in [0.15, 0.2) is 42.5 Å². The Labute approximate surface area is 214 Å². The Balaban J connectivity index is 2.08. The molecule has 7 heteroatoms. The first-order valence-corrected chi connectivity index (χ1v) is 12.9. The largest absolute Gasteiger partial charge is 0.461 e. The van der Waals surface area contributed by atoms with Gasteiger partial charge in [-0.15, -0.1) is 0 Å². The molecule has 0 aromatic heterocycles. The summed E-state index contributed by atoms with van der Waals surface area (Å²) in [6.45, 7) is 7.92. The van der Waals surface area contributed by atoms with Gasteiger partial charge in [0.05, 0.1) is 30.3 Å². The van der Waals surface area contributed by atoms with Crippen molar-refractivity contribution in [1.29, 1.82) is 0 Å². The maximum Gasteiger partial charge on any atom is 0.335 e. The first kappa shape index (κ1) is 29.1. The highest BCUT2D eigenvalue weighted by Gasteiger charge is 2.25. The monoisotopic (exact) mass is 506 g/mol. The topological polar surface area (TPSA) is 93.1 Å². The number of carbonyl (C=O) groups excluding carboxylic acids is 2. The normalized spacial score (nSPS) is 17.7. The number of aliphatic hydroxyl groups is 2. The Morgan fingerprint density at radius 3 is 2.06 bits per heavy atom. The quantitative estimate of drug-likeness (QED) is 0.198. The third-order valence-corrected chi connectivity index (χ3v) is 7.12. The third kappa shape index (κ3) is 9.10. The predicted octanol–water partition coefficient (Wildman–Crippen LogP) is 5.46. The van der Waals surface area contributed by atoms with Gasteiger partial charge in [-0.2, -0.15) is 0 Å². The number of aliphatic hydroxyl groups excluding tert-OH is 2. The van der Waals surface area contributed by atoms with Crippen molar-refractivity contribution in [3.63, 3.8) is 0 Å². The molecule has 1 saturated carbocycles. The molecule has 0 spiro atoms. The average molecular weight is 507 g/mol. The SMILES string of the molecule is C=C(CO)C(=O)OCC(COC(=O)C(=C)CO)c1ccc(C2CCC(CCCCC)CC2)cc1Cl. The third-order valence-electron chi connectivity index (χ3n) is 6.79. The fraction of sp³-hybridized carbons (Fsp3) is 0.571. The molecular weight excluding hydrogens is 468 g/mol.